The van der Waals surface area contributed by atoms with Crippen molar-refractivity contribution in [2.75, 3.05) is 13.2 Å². The van der Waals surface area contributed by atoms with Crippen LogP contribution in [0.2, 0.25) is 0 Å². The van der Waals surface area contributed by atoms with Crippen molar-refractivity contribution in [3.8, 4) is 0 Å². The second-order valence-electron chi connectivity index (χ2n) is 5.87. The standard InChI is InChI=1S/C15H23NO4/c1-5-12(17)20-10-15(3,4)13(18)14(19)16-9-7-6-8-11(16)2/h5,11H,1,6-10H2,2-4H3. The highest BCUT2D eigenvalue weighted by molar-refractivity contribution is 6.38. The van der Waals surface area contributed by atoms with Crippen molar-refractivity contribution in [3.63, 3.8) is 0 Å². The summed E-state index contributed by atoms with van der Waals surface area (Å²) < 4.78 is 4.89. The molecule has 1 heterocycles. The van der Waals surface area contributed by atoms with Crippen molar-refractivity contribution in [1.29, 1.82) is 0 Å². The van der Waals surface area contributed by atoms with E-state index in [0.717, 1.165) is 25.3 Å². The van der Waals surface area contributed by atoms with Crippen molar-refractivity contribution in [2.24, 2.45) is 5.41 Å². The third-order valence-corrected chi connectivity index (χ3v) is 3.61. The zero-order valence-electron chi connectivity index (χ0n) is 12.5. The van der Waals surface area contributed by atoms with Crippen LogP contribution in [0.4, 0.5) is 0 Å². The topological polar surface area (TPSA) is 63.7 Å². The summed E-state index contributed by atoms with van der Waals surface area (Å²) >= 11 is 0. The average molecular weight is 281 g/mol. The highest BCUT2D eigenvalue weighted by Crippen LogP contribution is 2.22. The summed E-state index contributed by atoms with van der Waals surface area (Å²) in [4.78, 5) is 37.3. The number of rotatable bonds is 5. The van der Waals surface area contributed by atoms with Crippen LogP contribution in [0.25, 0.3) is 0 Å². The maximum Gasteiger partial charge on any atom is 0.330 e. The van der Waals surface area contributed by atoms with Crippen molar-refractivity contribution in [1.82, 2.24) is 4.90 Å². The minimum absolute atomic E-state index is 0.0896. The van der Waals surface area contributed by atoms with E-state index in [1.54, 1.807) is 18.7 Å². The molecule has 5 heteroatoms. The van der Waals surface area contributed by atoms with Crippen LogP contribution in [0.3, 0.4) is 0 Å². The number of Topliss-reactive ketones (excluding diaryl/α,β-unsaturated/α-hetero) is 1. The molecular formula is C15H23NO4. The maximum atomic E-state index is 12.3. The van der Waals surface area contributed by atoms with Crippen LogP contribution in [0.15, 0.2) is 12.7 Å². The van der Waals surface area contributed by atoms with Gasteiger partial charge in [0.15, 0.2) is 0 Å². The van der Waals surface area contributed by atoms with Gasteiger partial charge in [-0.15, -0.1) is 0 Å². The summed E-state index contributed by atoms with van der Waals surface area (Å²) in [5.74, 6) is -1.58. The van der Waals surface area contributed by atoms with Crippen molar-refractivity contribution >= 4 is 17.7 Å². The molecule has 1 fully saturated rings. The van der Waals surface area contributed by atoms with Crippen LogP contribution < -0.4 is 0 Å². The molecule has 0 aromatic carbocycles. The maximum absolute atomic E-state index is 12.3. The van der Waals surface area contributed by atoms with Crippen LogP contribution in [-0.2, 0) is 19.1 Å². The molecule has 0 N–H and O–H groups in total. The van der Waals surface area contributed by atoms with Gasteiger partial charge in [-0.1, -0.05) is 6.58 Å². The Balaban J connectivity index is 2.68. The lowest BCUT2D eigenvalue weighted by molar-refractivity contribution is -0.155. The number of likely N-dealkylation sites (tertiary alicyclic amines) is 1. The van der Waals surface area contributed by atoms with Gasteiger partial charge in [0.05, 0.1) is 5.41 Å². The Kier molecular flexibility index (Phi) is 5.48. The SMILES string of the molecule is C=CC(=O)OCC(C)(C)C(=O)C(=O)N1CCCCC1C. The van der Waals surface area contributed by atoms with E-state index in [1.807, 2.05) is 6.92 Å². The predicted molar refractivity (Wildman–Crippen MR) is 75.0 cm³/mol. The summed E-state index contributed by atoms with van der Waals surface area (Å²) in [5, 5.41) is 0. The normalized spacial score (nSPS) is 19.4. The first kappa shape index (κ1) is 16.4. The van der Waals surface area contributed by atoms with Gasteiger partial charge in [0.1, 0.15) is 6.61 Å². The number of nitrogens with zero attached hydrogens (tertiary/aromatic N) is 1. The lowest BCUT2D eigenvalue weighted by atomic mass is 9.87. The molecule has 0 aliphatic carbocycles. The zero-order valence-corrected chi connectivity index (χ0v) is 12.5. The Bertz CT molecular complexity index is 414. The molecular weight excluding hydrogens is 258 g/mol. The van der Waals surface area contributed by atoms with Crippen LogP contribution in [0.5, 0.6) is 0 Å². The van der Waals surface area contributed by atoms with E-state index in [1.165, 1.54) is 0 Å². The predicted octanol–water partition coefficient (Wildman–Crippen LogP) is 1.71. The Morgan fingerprint density at radius 2 is 2.00 bits per heavy atom. The molecule has 0 aromatic rings. The second kappa shape index (κ2) is 6.68. The Morgan fingerprint density at radius 1 is 1.35 bits per heavy atom. The van der Waals surface area contributed by atoms with Crippen LogP contribution in [-0.4, -0.2) is 41.8 Å². The Labute approximate surface area is 120 Å². The Morgan fingerprint density at radius 3 is 2.55 bits per heavy atom. The molecule has 0 bridgehead atoms. The molecule has 0 aromatic heterocycles. The fraction of sp³-hybridized carbons (Fsp3) is 0.667. The third-order valence-electron chi connectivity index (χ3n) is 3.61. The van der Waals surface area contributed by atoms with E-state index in [-0.39, 0.29) is 12.6 Å². The van der Waals surface area contributed by atoms with E-state index < -0.39 is 23.1 Å². The number of ketones is 1. The van der Waals surface area contributed by atoms with E-state index in [4.69, 9.17) is 4.74 Å². The summed E-state index contributed by atoms with van der Waals surface area (Å²) in [6, 6.07) is 0.0896. The number of piperidine rings is 1. The number of ether oxygens (including phenoxy) is 1. The first-order chi connectivity index (χ1) is 9.29. The molecule has 1 saturated heterocycles. The molecule has 1 rings (SSSR count). The zero-order chi connectivity index (χ0) is 15.3. The molecule has 1 atom stereocenters. The monoisotopic (exact) mass is 281 g/mol. The van der Waals surface area contributed by atoms with Gasteiger partial charge < -0.3 is 9.64 Å². The van der Waals surface area contributed by atoms with Gasteiger partial charge in [-0.3, -0.25) is 9.59 Å². The van der Waals surface area contributed by atoms with E-state index in [9.17, 15) is 14.4 Å². The summed E-state index contributed by atoms with van der Waals surface area (Å²) in [7, 11) is 0. The van der Waals surface area contributed by atoms with E-state index >= 15 is 0 Å². The summed E-state index contributed by atoms with van der Waals surface area (Å²) in [5.41, 5.74) is -1.02. The number of amides is 1. The molecule has 5 nitrogen and oxygen atoms in total. The lowest BCUT2D eigenvalue weighted by Gasteiger charge is -2.34. The van der Waals surface area contributed by atoms with Crippen LogP contribution in [0, 0.1) is 5.41 Å². The first-order valence-electron chi connectivity index (χ1n) is 6.94. The quantitative estimate of drug-likeness (QED) is 0.437. The molecule has 112 valence electrons. The summed E-state index contributed by atoms with van der Waals surface area (Å²) in [6.45, 7) is 8.96. The first-order valence-corrected chi connectivity index (χ1v) is 6.94. The third kappa shape index (κ3) is 3.92. The molecule has 1 unspecified atom stereocenters. The van der Waals surface area contributed by atoms with Gasteiger partial charge in [0, 0.05) is 18.7 Å². The van der Waals surface area contributed by atoms with Gasteiger partial charge >= 0.3 is 5.97 Å². The Hall–Kier alpha value is -1.65. The number of carbonyl (C=O) groups is 3. The van der Waals surface area contributed by atoms with Gasteiger partial charge in [-0.25, -0.2) is 4.79 Å². The van der Waals surface area contributed by atoms with Crippen molar-refractivity contribution < 1.29 is 19.1 Å². The van der Waals surface area contributed by atoms with E-state index in [2.05, 4.69) is 6.58 Å². The summed E-state index contributed by atoms with van der Waals surface area (Å²) in [6.07, 6.45) is 3.97. The number of esters is 1. The smallest absolute Gasteiger partial charge is 0.330 e. The van der Waals surface area contributed by atoms with Gasteiger partial charge in [0.25, 0.3) is 5.91 Å². The number of hydrogen-bond donors (Lipinski definition) is 0. The fourth-order valence-corrected chi connectivity index (χ4v) is 2.20. The van der Waals surface area contributed by atoms with Crippen LogP contribution >= 0.6 is 0 Å². The molecule has 0 spiro atoms. The molecule has 1 amide bonds. The van der Waals surface area contributed by atoms with E-state index in [0.29, 0.717) is 6.54 Å². The molecule has 20 heavy (non-hydrogen) atoms. The van der Waals surface area contributed by atoms with Gasteiger partial charge in [-0.2, -0.15) is 0 Å². The van der Waals surface area contributed by atoms with Crippen molar-refractivity contribution in [3.05, 3.63) is 12.7 Å². The minimum Gasteiger partial charge on any atom is -0.461 e. The largest absolute Gasteiger partial charge is 0.461 e. The highest BCUT2D eigenvalue weighted by Gasteiger charge is 2.38. The van der Waals surface area contributed by atoms with Gasteiger partial charge in [0.2, 0.25) is 5.78 Å². The fourth-order valence-electron chi connectivity index (χ4n) is 2.20. The van der Waals surface area contributed by atoms with Crippen LogP contribution in [0.1, 0.15) is 40.0 Å². The molecule has 1 aliphatic heterocycles. The molecule has 0 saturated carbocycles. The minimum atomic E-state index is -1.02. The molecule has 0 radical (unpaired) electrons. The van der Waals surface area contributed by atoms with Gasteiger partial charge in [-0.05, 0) is 40.0 Å². The number of hydrogen-bond acceptors (Lipinski definition) is 4. The van der Waals surface area contributed by atoms with Crippen molar-refractivity contribution in [2.45, 2.75) is 46.1 Å². The highest BCUT2D eigenvalue weighted by atomic mass is 16.5. The number of carbonyl (C=O) groups excluding carboxylic acids is 3. The molecule has 1 aliphatic rings. The second-order valence-corrected chi connectivity index (χ2v) is 5.87. The average Bonchev–Trinajstić information content (AvgIpc) is 2.43. The lowest BCUT2D eigenvalue weighted by Crippen LogP contribution is -2.49.